The van der Waals surface area contributed by atoms with Crippen molar-refractivity contribution in [3.8, 4) is 0 Å². The van der Waals surface area contributed by atoms with Crippen LogP contribution >= 0.6 is 11.3 Å². The molecule has 2 heterocycles. The minimum atomic E-state index is 0.186. The highest BCUT2D eigenvalue weighted by atomic mass is 32.1. The van der Waals surface area contributed by atoms with Crippen LogP contribution < -0.4 is 10.6 Å². The van der Waals surface area contributed by atoms with Crippen molar-refractivity contribution in [2.24, 2.45) is 10.7 Å². The summed E-state index contributed by atoms with van der Waals surface area (Å²) >= 11 is 1.87. The van der Waals surface area contributed by atoms with Crippen molar-refractivity contribution in [3.05, 3.63) is 52.2 Å². The maximum atomic E-state index is 6.11. The second-order valence-electron chi connectivity index (χ2n) is 6.37. The minimum absolute atomic E-state index is 0.186. The van der Waals surface area contributed by atoms with Crippen molar-refractivity contribution in [2.75, 3.05) is 11.4 Å². The van der Waals surface area contributed by atoms with Gasteiger partial charge in [-0.2, -0.15) is 0 Å². The second kappa shape index (κ2) is 5.19. The zero-order valence-corrected chi connectivity index (χ0v) is 13.5. The lowest BCUT2D eigenvalue weighted by Gasteiger charge is -2.25. The number of rotatable bonds is 2. The van der Waals surface area contributed by atoms with Crippen LogP contribution in [0.1, 0.15) is 36.6 Å². The van der Waals surface area contributed by atoms with Crippen LogP contribution in [0.4, 0.5) is 5.69 Å². The average molecular weight is 299 g/mol. The van der Waals surface area contributed by atoms with Gasteiger partial charge in [-0.1, -0.05) is 39.0 Å². The fourth-order valence-electron chi connectivity index (χ4n) is 2.55. The van der Waals surface area contributed by atoms with E-state index in [1.807, 2.05) is 29.5 Å². The molecule has 21 heavy (non-hydrogen) atoms. The first-order valence-electron chi connectivity index (χ1n) is 7.21. The van der Waals surface area contributed by atoms with Gasteiger partial charge in [0.05, 0.1) is 12.6 Å². The quantitative estimate of drug-likeness (QED) is 0.913. The SMILES string of the molecule is CC(C)(C)c1ccc(C2CN=C(N)N2c2ccccc2)s1. The zero-order valence-electron chi connectivity index (χ0n) is 12.7. The van der Waals surface area contributed by atoms with E-state index in [1.165, 1.54) is 9.75 Å². The number of thiophene rings is 1. The molecular formula is C17H21N3S. The van der Waals surface area contributed by atoms with Crippen LogP contribution in [-0.2, 0) is 5.41 Å². The number of nitrogens with two attached hydrogens (primary N) is 1. The Morgan fingerprint density at radius 1 is 1.14 bits per heavy atom. The molecule has 1 atom stereocenters. The topological polar surface area (TPSA) is 41.6 Å². The van der Waals surface area contributed by atoms with Gasteiger partial charge in [-0.3, -0.25) is 4.99 Å². The first-order chi connectivity index (χ1) is 9.97. The molecule has 1 aliphatic rings. The number of guanidine groups is 1. The van der Waals surface area contributed by atoms with Crippen molar-refractivity contribution in [3.63, 3.8) is 0 Å². The summed E-state index contributed by atoms with van der Waals surface area (Å²) in [4.78, 5) is 9.31. The summed E-state index contributed by atoms with van der Waals surface area (Å²) in [5.74, 6) is 0.608. The Labute approximate surface area is 130 Å². The van der Waals surface area contributed by atoms with Gasteiger partial charge in [0.2, 0.25) is 0 Å². The zero-order chi connectivity index (χ0) is 15.0. The highest BCUT2D eigenvalue weighted by Gasteiger charge is 2.30. The molecule has 1 unspecified atom stereocenters. The molecular weight excluding hydrogens is 278 g/mol. The number of aliphatic imine (C=N–C) groups is 1. The maximum Gasteiger partial charge on any atom is 0.196 e. The Morgan fingerprint density at radius 3 is 2.48 bits per heavy atom. The van der Waals surface area contributed by atoms with Crippen molar-refractivity contribution in [2.45, 2.75) is 32.2 Å². The van der Waals surface area contributed by atoms with Gasteiger partial charge in [0, 0.05) is 15.4 Å². The molecule has 3 rings (SSSR count). The average Bonchev–Trinajstić information content (AvgIpc) is 3.05. The summed E-state index contributed by atoms with van der Waals surface area (Å²) < 4.78 is 0. The Balaban J connectivity index is 1.93. The number of hydrogen-bond donors (Lipinski definition) is 1. The Bertz CT molecular complexity index is 652. The summed E-state index contributed by atoms with van der Waals surface area (Å²) in [6.45, 7) is 7.47. The molecule has 0 saturated heterocycles. The van der Waals surface area contributed by atoms with Gasteiger partial charge in [0.25, 0.3) is 0 Å². The number of anilines is 1. The molecule has 1 aliphatic heterocycles. The van der Waals surface area contributed by atoms with Gasteiger partial charge in [0.1, 0.15) is 0 Å². The van der Waals surface area contributed by atoms with Crippen LogP contribution in [0.25, 0.3) is 0 Å². The predicted molar refractivity (Wildman–Crippen MR) is 91.2 cm³/mol. The first-order valence-corrected chi connectivity index (χ1v) is 8.03. The maximum absolute atomic E-state index is 6.11. The Kier molecular flexibility index (Phi) is 3.49. The Morgan fingerprint density at radius 2 is 1.86 bits per heavy atom. The van der Waals surface area contributed by atoms with Crippen LogP contribution in [-0.4, -0.2) is 12.5 Å². The van der Waals surface area contributed by atoms with Gasteiger partial charge in [-0.15, -0.1) is 11.3 Å². The third-order valence-corrected chi connectivity index (χ3v) is 5.33. The first kappa shape index (κ1) is 14.1. The molecule has 110 valence electrons. The summed E-state index contributed by atoms with van der Waals surface area (Å²) in [5, 5.41) is 0. The summed E-state index contributed by atoms with van der Waals surface area (Å²) in [6, 6.07) is 14.9. The standard InChI is InChI=1S/C17H21N3S/c1-17(2,3)15-10-9-14(21-15)13-11-19-16(18)20(13)12-7-5-4-6-8-12/h4-10,13H,11H2,1-3H3,(H2,18,19). The fourth-order valence-corrected chi connectivity index (χ4v) is 3.70. The van der Waals surface area contributed by atoms with Crippen LogP contribution in [0.5, 0.6) is 0 Å². The van der Waals surface area contributed by atoms with Gasteiger partial charge in [0.15, 0.2) is 5.96 Å². The predicted octanol–water partition coefficient (Wildman–Crippen LogP) is 3.92. The third kappa shape index (κ3) is 2.68. The monoisotopic (exact) mass is 299 g/mol. The van der Waals surface area contributed by atoms with Crippen LogP contribution in [0.15, 0.2) is 47.5 Å². The molecule has 0 radical (unpaired) electrons. The lowest BCUT2D eigenvalue weighted by Crippen LogP contribution is -2.35. The fraction of sp³-hybridized carbons (Fsp3) is 0.353. The lowest BCUT2D eigenvalue weighted by atomic mass is 9.95. The van der Waals surface area contributed by atoms with Crippen molar-refractivity contribution in [1.29, 1.82) is 0 Å². The normalized spacial score (nSPS) is 18.9. The molecule has 0 bridgehead atoms. The summed E-state index contributed by atoms with van der Waals surface area (Å²) in [6.07, 6.45) is 0. The van der Waals surface area contributed by atoms with Gasteiger partial charge in [-0.25, -0.2) is 0 Å². The third-order valence-electron chi connectivity index (χ3n) is 3.71. The number of benzene rings is 1. The van der Waals surface area contributed by atoms with E-state index < -0.39 is 0 Å². The van der Waals surface area contributed by atoms with E-state index in [2.05, 4.69) is 54.9 Å². The van der Waals surface area contributed by atoms with E-state index in [1.54, 1.807) is 0 Å². The van der Waals surface area contributed by atoms with Crippen molar-refractivity contribution in [1.82, 2.24) is 0 Å². The number of para-hydroxylation sites is 1. The lowest BCUT2D eigenvalue weighted by molar-refractivity contribution is 0.604. The van der Waals surface area contributed by atoms with E-state index >= 15 is 0 Å². The summed E-state index contributed by atoms with van der Waals surface area (Å²) in [7, 11) is 0. The minimum Gasteiger partial charge on any atom is -0.369 e. The molecule has 0 amide bonds. The molecule has 4 heteroatoms. The molecule has 2 N–H and O–H groups in total. The number of nitrogens with zero attached hydrogens (tertiary/aromatic N) is 2. The molecule has 2 aromatic rings. The molecule has 3 nitrogen and oxygen atoms in total. The smallest absolute Gasteiger partial charge is 0.196 e. The van der Waals surface area contributed by atoms with E-state index in [0.29, 0.717) is 5.96 Å². The summed E-state index contributed by atoms with van der Waals surface area (Å²) in [5.41, 5.74) is 7.40. The van der Waals surface area contributed by atoms with Gasteiger partial charge < -0.3 is 10.6 Å². The molecule has 0 aliphatic carbocycles. The highest BCUT2D eigenvalue weighted by molar-refractivity contribution is 7.12. The molecule has 0 saturated carbocycles. The molecule has 0 spiro atoms. The Hall–Kier alpha value is -1.81. The molecule has 1 aromatic heterocycles. The van der Waals surface area contributed by atoms with Crippen LogP contribution in [0, 0.1) is 0 Å². The van der Waals surface area contributed by atoms with E-state index in [0.717, 1.165) is 12.2 Å². The van der Waals surface area contributed by atoms with Gasteiger partial charge >= 0.3 is 0 Å². The van der Waals surface area contributed by atoms with E-state index in [4.69, 9.17) is 5.73 Å². The number of hydrogen-bond acceptors (Lipinski definition) is 4. The highest BCUT2D eigenvalue weighted by Crippen LogP contribution is 2.37. The van der Waals surface area contributed by atoms with E-state index in [-0.39, 0.29) is 11.5 Å². The molecule has 1 aromatic carbocycles. The van der Waals surface area contributed by atoms with Gasteiger partial charge in [-0.05, 0) is 29.7 Å². The van der Waals surface area contributed by atoms with Crippen molar-refractivity contribution < 1.29 is 0 Å². The molecule has 0 fully saturated rings. The van der Waals surface area contributed by atoms with E-state index in [9.17, 15) is 0 Å². The van der Waals surface area contributed by atoms with Crippen molar-refractivity contribution >= 4 is 23.0 Å². The largest absolute Gasteiger partial charge is 0.369 e. The van der Waals surface area contributed by atoms with Crippen LogP contribution in [0.3, 0.4) is 0 Å². The second-order valence-corrected chi connectivity index (χ2v) is 7.49. The van der Waals surface area contributed by atoms with Crippen LogP contribution in [0.2, 0.25) is 0 Å².